The molecule has 7 nitrogen and oxygen atoms in total. The lowest BCUT2D eigenvalue weighted by atomic mass is 10.1. The van der Waals surface area contributed by atoms with E-state index in [4.69, 9.17) is 11.6 Å². The van der Waals surface area contributed by atoms with Crippen LogP contribution < -0.4 is 10.6 Å². The highest BCUT2D eigenvalue weighted by molar-refractivity contribution is 7.84. The van der Waals surface area contributed by atoms with Crippen molar-refractivity contribution in [2.75, 3.05) is 30.5 Å². The van der Waals surface area contributed by atoms with E-state index in [9.17, 15) is 13.7 Å². The van der Waals surface area contributed by atoms with Gasteiger partial charge in [-0.25, -0.2) is 14.4 Å². The highest BCUT2D eigenvalue weighted by atomic mass is 35.5. The first-order valence-corrected chi connectivity index (χ1v) is 12.8. The van der Waals surface area contributed by atoms with Crippen LogP contribution in [0.5, 0.6) is 0 Å². The number of benzene rings is 2. The summed E-state index contributed by atoms with van der Waals surface area (Å²) in [6.45, 7) is 1.33. The van der Waals surface area contributed by atoms with E-state index in [1.165, 1.54) is 18.5 Å². The van der Waals surface area contributed by atoms with Crippen molar-refractivity contribution in [2.45, 2.75) is 13.0 Å². The molecule has 0 fully saturated rings. The molecule has 0 saturated heterocycles. The Bertz CT molecular complexity index is 1330. The first-order chi connectivity index (χ1) is 16.4. The van der Waals surface area contributed by atoms with E-state index in [1.54, 1.807) is 12.3 Å². The summed E-state index contributed by atoms with van der Waals surface area (Å²) in [5.74, 6) is 0.684. The second kappa shape index (κ2) is 11.1. The van der Waals surface area contributed by atoms with Gasteiger partial charge in [-0.15, -0.1) is 0 Å². The van der Waals surface area contributed by atoms with Gasteiger partial charge in [-0.3, -0.25) is 4.21 Å². The van der Waals surface area contributed by atoms with Crippen molar-refractivity contribution in [3.8, 4) is 5.69 Å². The lowest BCUT2D eigenvalue weighted by Crippen LogP contribution is -2.20. The van der Waals surface area contributed by atoms with Crippen molar-refractivity contribution in [3.63, 3.8) is 0 Å². The first-order valence-electron chi connectivity index (χ1n) is 10.7. The number of rotatable bonds is 10. The molecule has 1 unspecified atom stereocenters. The first kappa shape index (κ1) is 24.3. The fourth-order valence-corrected chi connectivity index (χ4v) is 4.26. The summed E-state index contributed by atoms with van der Waals surface area (Å²) in [5.41, 5.74) is 4.38. The molecule has 0 radical (unpaired) electrons. The quantitative estimate of drug-likeness (QED) is 0.285. The van der Waals surface area contributed by atoms with Gasteiger partial charge in [0, 0.05) is 71.7 Å². The van der Waals surface area contributed by atoms with Crippen LogP contribution in [0.3, 0.4) is 0 Å². The highest BCUT2D eigenvalue weighted by Crippen LogP contribution is 2.28. The molecule has 4 rings (SSSR count). The van der Waals surface area contributed by atoms with Gasteiger partial charge in [-0.05, 0) is 53.9 Å². The minimum atomic E-state index is -0.841. The molecular weight excluding hydrogens is 477 g/mol. The number of nitrogens with one attached hydrogen (secondary N) is 2. The Labute approximate surface area is 204 Å². The van der Waals surface area contributed by atoms with Crippen LogP contribution >= 0.6 is 11.6 Å². The summed E-state index contributed by atoms with van der Waals surface area (Å²) in [6, 6.07) is 10.3. The van der Waals surface area contributed by atoms with Crippen molar-refractivity contribution >= 4 is 44.8 Å². The molecule has 0 aliphatic carbocycles. The Morgan fingerprint density at radius 2 is 1.97 bits per heavy atom. The molecule has 3 N–H and O–H groups in total. The number of anilines is 2. The van der Waals surface area contributed by atoms with E-state index in [1.807, 2.05) is 35.2 Å². The number of aliphatic hydroxyl groups is 1. The van der Waals surface area contributed by atoms with Gasteiger partial charge in [-0.1, -0.05) is 11.6 Å². The molecule has 2 aromatic heterocycles. The van der Waals surface area contributed by atoms with E-state index in [0.717, 1.165) is 27.7 Å². The smallest absolute Gasteiger partial charge is 0.141 e. The Hall–Kier alpha value is -2.85. The zero-order chi connectivity index (χ0) is 24.1. The highest BCUT2D eigenvalue weighted by Gasteiger charge is 2.11. The van der Waals surface area contributed by atoms with Crippen LogP contribution in [-0.4, -0.2) is 49.0 Å². The minimum Gasteiger partial charge on any atom is -0.396 e. The Balaban J connectivity index is 1.64. The lowest BCUT2D eigenvalue weighted by molar-refractivity contribution is 0.299. The van der Waals surface area contributed by atoms with Crippen molar-refractivity contribution in [2.24, 2.45) is 0 Å². The maximum absolute atomic E-state index is 13.5. The van der Waals surface area contributed by atoms with Crippen molar-refractivity contribution < 1.29 is 13.7 Å². The average Bonchev–Trinajstić information content (AvgIpc) is 3.22. The summed E-state index contributed by atoms with van der Waals surface area (Å²) < 4.78 is 26.8. The van der Waals surface area contributed by atoms with E-state index in [-0.39, 0.29) is 11.6 Å². The second-order valence-corrected chi connectivity index (χ2v) is 9.78. The second-order valence-electron chi connectivity index (χ2n) is 7.82. The fourth-order valence-electron chi connectivity index (χ4n) is 3.65. The lowest BCUT2D eigenvalue weighted by Gasteiger charge is -2.11. The molecule has 0 aliphatic heterocycles. The Kier molecular flexibility index (Phi) is 7.89. The third kappa shape index (κ3) is 5.79. The van der Waals surface area contributed by atoms with Gasteiger partial charge >= 0.3 is 0 Å². The predicted octanol–water partition coefficient (Wildman–Crippen LogP) is 3.96. The summed E-state index contributed by atoms with van der Waals surface area (Å²) >= 11 is 5.92. The third-order valence-electron chi connectivity index (χ3n) is 5.36. The SMILES string of the molecule is CS(=O)CCNCc1cn(-c2ccc3ncnc(Nc4ccc(F)c(Cl)c4)c3c2)cc1CCO. The molecule has 0 aliphatic rings. The van der Waals surface area contributed by atoms with Gasteiger partial charge in [0.05, 0.1) is 10.5 Å². The number of nitrogens with zero attached hydrogens (tertiary/aromatic N) is 3. The Morgan fingerprint density at radius 1 is 1.15 bits per heavy atom. The number of aliphatic hydroxyl groups excluding tert-OH is 1. The molecule has 1 atom stereocenters. The zero-order valence-electron chi connectivity index (χ0n) is 18.6. The number of halogens is 2. The molecule has 0 amide bonds. The van der Waals surface area contributed by atoms with Gasteiger partial charge in [0.15, 0.2) is 0 Å². The van der Waals surface area contributed by atoms with Crippen LogP contribution in [0.2, 0.25) is 5.02 Å². The predicted molar refractivity (Wildman–Crippen MR) is 135 cm³/mol. The van der Waals surface area contributed by atoms with Gasteiger partial charge in [0.2, 0.25) is 0 Å². The van der Waals surface area contributed by atoms with Gasteiger partial charge in [0.1, 0.15) is 18.0 Å². The van der Waals surface area contributed by atoms with E-state index < -0.39 is 16.6 Å². The molecule has 0 spiro atoms. The number of aromatic nitrogens is 3. The standard InChI is InChI=1S/C24H25ClFN5O2S/c1-34(33)9-7-27-12-17-14-31(13-16(17)6-8-32)19-3-5-23-20(11-19)24(29-15-28-23)30-18-2-4-22(26)21(25)10-18/h2-5,10-11,13-15,27,32H,6-9,12H2,1H3,(H,28,29,30). The summed E-state index contributed by atoms with van der Waals surface area (Å²) in [5, 5.41) is 16.8. The summed E-state index contributed by atoms with van der Waals surface area (Å²) in [7, 11) is -0.841. The van der Waals surface area contributed by atoms with Crippen LogP contribution in [0.25, 0.3) is 16.6 Å². The Morgan fingerprint density at radius 3 is 2.74 bits per heavy atom. The fraction of sp³-hybridized carbons (Fsp3) is 0.250. The summed E-state index contributed by atoms with van der Waals surface area (Å²) in [4.78, 5) is 8.72. The molecule has 2 heterocycles. The molecule has 10 heteroatoms. The molecule has 0 bridgehead atoms. The van der Waals surface area contributed by atoms with E-state index >= 15 is 0 Å². The van der Waals surface area contributed by atoms with Crippen LogP contribution in [0, 0.1) is 5.82 Å². The minimum absolute atomic E-state index is 0.0270. The van der Waals surface area contributed by atoms with Crippen molar-refractivity contribution in [1.29, 1.82) is 0 Å². The molecule has 2 aromatic carbocycles. The number of hydrogen-bond donors (Lipinski definition) is 3. The van der Waals surface area contributed by atoms with Gasteiger partial charge < -0.3 is 20.3 Å². The van der Waals surface area contributed by atoms with Crippen molar-refractivity contribution in [3.05, 3.63) is 77.1 Å². The topological polar surface area (TPSA) is 92.1 Å². The molecule has 0 saturated carbocycles. The van der Waals surface area contributed by atoms with Crippen LogP contribution in [0.1, 0.15) is 11.1 Å². The largest absolute Gasteiger partial charge is 0.396 e. The molecule has 4 aromatic rings. The molecule has 34 heavy (non-hydrogen) atoms. The van der Waals surface area contributed by atoms with E-state index in [0.29, 0.717) is 36.8 Å². The number of hydrogen-bond acceptors (Lipinski definition) is 6. The zero-order valence-corrected chi connectivity index (χ0v) is 20.2. The van der Waals surface area contributed by atoms with Crippen LogP contribution in [-0.2, 0) is 23.8 Å². The monoisotopic (exact) mass is 501 g/mol. The number of fused-ring (bicyclic) bond motifs is 1. The third-order valence-corrected chi connectivity index (χ3v) is 6.43. The normalized spacial score (nSPS) is 12.2. The summed E-state index contributed by atoms with van der Waals surface area (Å²) in [6.07, 6.45) is 7.73. The molecular formula is C24H25ClFN5O2S. The maximum Gasteiger partial charge on any atom is 0.141 e. The molecule has 178 valence electrons. The average molecular weight is 502 g/mol. The van der Waals surface area contributed by atoms with Crippen LogP contribution in [0.4, 0.5) is 15.9 Å². The van der Waals surface area contributed by atoms with E-state index in [2.05, 4.69) is 20.6 Å². The maximum atomic E-state index is 13.5. The van der Waals surface area contributed by atoms with Gasteiger partial charge in [0.25, 0.3) is 0 Å². The van der Waals surface area contributed by atoms with Crippen LogP contribution in [0.15, 0.2) is 55.1 Å². The van der Waals surface area contributed by atoms with Gasteiger partial charge in [-0.2, -0.15) is 0 Å². The van der Waals surface area contributed by atoms with Crippen molar-refractivity contribution in [1.82, 2.24) is 19.9 Å².